The van der Waals surface area contributed by atoms with Gasteiger partial charge in [0.05, 0.1) is 23.7 Å². The van der Waals surface area contributed by atoms with Gasteiger partial charge in [-0.25, -0.2) is 9.97 Å². The molecule has 0 radical (unpaired) electrons. The Balaban J connectivity index is 1.51. The number of aryl methyl sites for hydroxylation is 4. The fourth-order valence-corrected chi connectivity index (χ4v) is 4.13. The van der Waals surface area contributed by atoms with Crippen molar-refractivity contribution in [3.8, 4) is 11.3 Å². The van der Waals surface area contributed by atoms with Crippen molar-refractivity contribution >= 4 is 11.7 Å². The number of amides is 1. The van der Waals surface area contributed by atoms with E-state index in [1.54, 1.807) is 0 Å². The number of hydrogen-bond donors (Lipinski definition) is 2. The van der Waals surface area contributed by atoms with Gasteiger partial charge in [0.2, 0.25) is 5.91 Å². The number of nitrogens with zero attached hydrogens (tertiary/aromatic N) is 2. The fourth-order valence-electron chi connectivity index (χ4n) is 4.13. The lowest BCUT2D eigenvalue weighted by atomic mass is 9.90. The van der Waals surface area contributed by atoms with Gasteiger partial charge in [0, 0.05) is 12.0 Å². The average molecular weight is 416 g/mol. The van der Waals surface area contributed by atoms with Crippen molar-refractivity contribution in [1.29, 1.82) is 0 Å². The highest BCUT2D eigenvalue weighted by Crippen LogP contribution is 2.33. The lowest BCUT2D eigenvalue weighted by molar-refractivity contribution is -0.116. The van der Waals surface area contributed by atoms with Crippen LogP contribution in [0, 0.1) is 0 Å². The molecule has 31 heavy (non-hydrogen) atoms. The minimum Gasteiger partial charge on any atom is -0.392 e. The van der Waals surface area contributed by atoms with Gasteiger partial charge in [-0.2, -0.15) is 0 Å². The molecule has 1 aliphatic carbocycles. The summed E-state index contributed by atoms with van der Waals surface area (Å²) in [6.07, 6.45) is 5.50. The molecule has 0 bridgehead atoms. The van der Waals surface area contributed by atoms with Crippen molar-refractivity contribution in [1.82, 2.24) is 9.97 Å². The molecule has 2 N–H and O–H groups in total. The normalized spacial score (nSPS) is 12.2. The Hall–Kier alpha value is -3.05. The van der Waals surface area contributed by atoms with Crippen molar-refractivity contribution < 1.29 is 9.90 Å². The maximum absolute atomic E-state index is 12.6. The van der Waals surface area contributed by atoms with Gasteiger partial charge in [0.25, 0.3) is 0 Å². The average Bonchev–Trinajstić information content (AvgIpc) is 2.80. The smallest absolute Gasteiger partial charge is 0.225 e. The second-order valence-corrected chi connectivity index (χ2v) is 8.10. The number of carbonyl (C=O) groups excluding carboxylic acids is 1. The van der Waals surface area contributed by atoms with Crippen LogP contribution in [0.25, 0.3) is 11.3 Å². The first kappa shape index (κ1) is 21.2. The van der Waals surface area contributed by atoms with E-state index < -0.39 is 0 Å². The van der Waals surface area contributed by atoms with Crippen molar-refractivity contribution in [3.05, 3.63) is 76.6 Å². The van der Waals surface area contributed by atoms with Crippen molar-refractivity contribution in [2.24, 2.45) is 0 Å². The van der Waals surface area contributed by atoms with Crippen LogP contribution in [0.4, 0.5) is 5.82 Å². The molecule has 0 saturated heterocycles. The van der Waals surface area contributed by atoms with Gasteiger partial charge in [0.1, 0.15) is 0 Å². The molecule has 1 heterocycles. The van der Waals surface area contributed by atoms with Crippen LogP contribution in [0.2, 0.25) is 0 Å². The number of anilines is 1. The molecule has 0 spiro atoms. The summed E-state index contributed by atoms with van der Waals surface area (Å²) in [6, 6.07) is 16.3. The van der Waals surface area contributed by atoms with Crippen LogP contribution in [-0.4, -0.2) is 21.0 Å². The number of hydrogen-bond acceptors (Lipinski definition) is 4. The highest BCUT2D eigenvalue weighted by Gasteiger charge is 2.22. The molecule has 0 saturated carbocycles. The fraction of sp³-hybridized carbons (Fsp3) is 0.346. The van der Waals surface area contributed by atoms with Crippen LogP contribution in [0.15, 0.2) is 48.5 Å². The molecule has 3 aromatic rings. The lowest BCUT2D eigenvalue weighted by Gasteiger charge is -2.21. The third-order valence-electron chi connectivity index (χ3n) is 5.74. The summed E-state index contributed by atoms with van der Waals surface area (Å²) < 4.78 is 0. The Kier molecular flexibility index (Phi) is 6.73. The zero-order valence-corrected chi connectivity index (χ0v) is 18.0. The molecule has 5 nitrogen and oxygen atoms in total. The maximum atomic E-state index is 12.6. The summed E-state index contributed by atoms with van der Waals surface area (Å²) in [4.78, 5) is 22.4. The van der Waals surface area contributed by atoms with Gasteiger partial charge < -0.3 is 10.4 Å². The number of benzene rings is 2. The number of rotatable bonds is 8. The number of nitrogens with one attached hydrogen (secondary N) is 1. The van der Waals surface area contributed by atoms with Crippen molar-refractivity contribution in [2.75, 3.05) is 5.32 Å². The van der Waals surface area contributed by atoms with Gasteiger partial charge in [0.15, 0.2) is 5.82 Å². The Morgan fingerprint density at radius 3 is 2.65 bits per heavy atom. The summed E-state index contributed by atoms with van der Waals surface area (Å²) in [6.45, 7) is 2.15. The van der Waals surface area contributed by atoms with E-state index in [9.17, 15) is 9.90 Å². The lowest BCUT2D eigenvalue weighted by Crippen LogP contribution is -2.18. The van der Waals surface area contributed by atoms with Gasteiger partial charge >= 0.3 is 0 Å². The molecule has 1 aromatic heterocycles. The molecular weight excluding hydrogens is 386 g/mol. The summed E-state index contributed by atoms with van der Waals surface area (Å²) >= 11 is 0. The second-order valence-electron chi connectivity index (χ2n) is 8.10. The molecule has 160 valence electrons. The topological polar surface area (TPSA) is 75.1 Å². The van der Waals surface area contributed by atoms with E-state index in [-0.39, 0.29) is 12.5 Å². The van der Waals surface area contributed by atoms with E-state index in [0.29, 0.717) is 12.2 Å². The first-order valence-corrected chi connectivity index (χ1v) is 11.1. The molecule has 5 heteroatoms. The summed E-state index contributed by atoms with van der Waals surface area (Å²) in [7, 11) is 0. The Labute approximate surface area is 183 Å². The molecule has 1 amide bonds. The van der Waals surface area contributed by atoms with Crippen LogP contribution in [0.5, 0.6) is 0 Å². The first-order valence-electron chi connectivity index (χ1n) is 11.1. The van der Waals surface area contributed by atoms with Gasteiger partial charge in [-0.3, -0.25) is 4.79 Å². The molecule has 0 fully saturated rings. The first-order chi connectivity index (χ1) is 15.2. The largest absolute Gasteiger partial charge is 0.392 e. The Morgan fingerprint density at radius 1 is 1.03 bits per heavy atom. The number of aliphatic hydroxyl groups is 1. The standard InChI is InChI=1S/C26H29N3O2/c1-2-7-23-26(29-24(31)11-6-10-18-8-4-3-5-9-18)28-22-15-13-20-16-19(17-30)12-14-21(20)25(22)27-23/h3-5,8-9,12,14,16,30H,2,6-7,10-11,13,15,17H2,1H3,(H,28,29,31). The molecule has 2 aromatic carbocycles. The highest BCUT2D eigenvalue weighted by molar-refractivity contribution is 5.90. The van der Waals surface area contributed by atoms with Gasteiger partial charge in [-0.05, 0) is 48.8 Å². The molecule has 4 rings (SSSR count). The number of aromatic nitrogens is 2. The van der Waals surface area contributed by atoms with Crippen LogP contribution in [0.1, 0.15) is 54.3 Å². The molecule has 0 unspecified atom stereocenters. The second kappa shape index (κ2) is 9.84. The van der Waals surface area contributed by atoms with Gasteiger partial charge in [-0.1, -0.05) is 61.9 Å². The number of fused-ring (bicyclic) bond motifs is 3. The summed E-state index contributed by atoms with van der Waals surface area (Å²) in [5, 5.41) is 12.5. The van der Waals surface area contributed by atoms with Crippen molar-refractivity contribution in [2.45, 2.75) is 58.5 Å². The third-order valence-corrected chi connectivity index (χ3v) is 5.74. The SMILES string of the molecule is CCCc1nc2c(nc1NC(=O)CCCc1ccccc1)CCc1cc(CO)ccc1-2. The Bertz CT molecular complexity index is 1060. The predicted molar refractivity (Wildman–Crippen MR) is 123 cm³/mol. The van der Waals surface area contributed by atoms with E-state index in [1.165, 1.54) is 11.1 Å². The monoisotopic (exact) mass is 415 g/mol. The zero-order chi connectivity index (χ0) is 21.6. The third kappa shape index (κ3) is 5.00. The Morgan fingerprint density at radius 2 is 1.87 bits per heavy atom. The van der Waals surface area contributed by atoms with Crippen LogP contribution in [-0.2, 0) is 37.1 Å². The van der Waals surface area contributed by atoms with Crippen LogP contribution < -0.4 is 5.32 Å². The van der Waals surface area contributed by atoms with Crippen LogP contribution >= 0.6 is 0 Å². The maximum Gasteiger partial charge on any atom is 0.225 e. The predicted octanol–water partition coefficient (Wildman–Crippen LogP) is 4.65. The molecule has 0 aliphatic heterocycles. The van der Waals surface area contributed by atoms with E-state index in [1.807, 2.05) is 30.3 Å². The molecule has 1 aliphatic rings. The minimum absolute atomic E-state index is 0.00803. The minimum atomic E-state index is -0.00803. The number of carbonyl (C=O) groups is 1. The summed E-state index contributed by atoms with van der Waals surface area (Å²) in [5.41, 5.74) is 7.15. The van der Waals surface area contributed by atoms with E-state index >= 15 is 0 Å². The van der Waals surface area contributed by atoms with E-state index in [4.69, 9.17) is 9.97 Å². The highest BCUT2D eigenvalue weighted by atomic mass is 16.3. The van der Waals surface area contributed by atoms with Crippen molar-refractivity contribution in [3.63, 3.8) is 0 Å². The van der Waals surface area contributed by atoms with Gasteiger partial charge in [-0.15, -0.1) is 0 Å². The zero-order valence-electron chi connectivity index (χ0n) is 18.0. The molecular formula is C26H29N3O2. The van der Waals surface area contributed by atoms with Crippen LogP contribution in [0.3, 0.4) is 0 Å². The van der Waals surface area contributed by atoms with E-state index in [0.717, 1.165) is 66.7 Å². The quantitative estimate of drug-likeness (QED) is 0.562. The number of aliphatic hydroxyl groups excluding tert-OH is 1. The molecule has 0 atom stereocenters. The summed E-state index contributed by atoms with van der Waals surface area (Å²) in [5.74, 6) is 0.604. The van der Waals surface area contributed by atoms with E-state index in [2.05, 4.69) is 30.4 Å².